The van der Waals surface area contributed by atoms with Crippen LogP contribution in [0.1, 0.15) is 13.8 Å². The molecule has 0 fully saturated rings. The quantitative estimate of drug-likeness (QED) is 0.569. The number of fused-ring (bicyclic) bond motifs is 3. The molecule has 2 heterocycles. The molecule has 0 N–H and O–H groups in total. The Kier molecular flexibility index (Phi) is 3.72. The Bertz CT molecular complexity index is 1040. The molecule has 0 unspecified atom stereocenters. The fraction of sp³-hybridized carbons (Fsp3) is 0.211. The summed E-state index contributed by atoms with van der Waals surface area (Å²) < 4.78 is 13.1. The van der Waals surface area contributed by atoms with E-state index in [1.165, 1.54) is 0 Å². The molecule has 126 valence electrons. The summed E-state index contributed by atoms with van der Waals surface area (Å²) in [4.78, 5) is 4.61. The van der Waals surface area contributed by atoms with Crippen LogP contribution in [0, 0.1) is 0 Å². The number of methoxy groups -OCH3 is 1. The standard InChI is InChI=1S/C19H18N4O2/c1-12(2)25-19-18-22-21-17(13-8-10-14(24-3)11-9-13)23(18)16-7-5-4-6-15(16)20-19/h4-12H,1-3H3. The van der Waals surface area contributed by atoms with Gasteiger partial charge in [0.2, 0.25) is 5.65 Å². The van der Waals surface area contributed by atoms with Gasteiger partial charge in [-0.15, -0.1) is 10.2 Å². The van der Waals surface area contributed by atoms with Crippen LogP contribution in [-0.4, -0.2) is 32.8 Å². The third-order valence-corrected chi connectivity index (χ3v) is 3.89. The minimum atomic E-state index is -0.00130. The smallest absolute Gasteiger partial charge is 0.261 e. The molecule has 2 aromatic carbocycles. The highest BCUT2D eigenvalue weighted by atomic mass is 16.5. The second-order valence-electron chi connectivity index (χ2n) is 5.98. The zero-order valence-electron chi connectivity index (χ0n) is 14.3. The summed E-state index contributed by atoms with van der Waals surface area (Å²) >= 11 is 0. The van der Waals surface area contributed by atoms with Crippen molar-refractivity contribution < 1.29 is 9.47 Å². The maximum atomic E-state index is 5.87. The summed E-state index contributed by atoms with van der Waals surface area (Å²) in [6, 6.07) is 15.6. The molecule has 0 bridgehead atoms. The molecule has 0 radical (unpaired) electrons. The maximum absolute atomic E-state index is 5.87. The predicted octanol–water partition coefficient (Wildman–Crippen LogP) is 3.74. The third-order valence-electron chi connectivity index (χ3n) is 3.89. The Morgan fingerprint density at radius 2 is 1.72 bits per heavy atom. The van der Waals surface area contributed by atoms with Crippen LogP contribution in [0.15, 0.2) is 48.5 Å². The van der Waals surface area contributed by atoms with E-state index in [4.69, 9.17) is 9.47 Å². The lowest BCUT2D eigenvalue weighted by atomic mass is 10.2. The lowest BCUT2D eigenvalue weighted by Gasteiger charge is -2.12. The van der Waals surface area contributed by atoms with Gasteiger partial charge >= 0.3 is 0 Å². The number of aromatic nitrogens is 4. The molecule has 4 rings (SSSR count). The van der Waals surface area contributed by atoms with Gasteiger partial charge in [-0.1, -0.05) is 12.1 Å². The second kappa shape index (κ2) is 6.05. The second-order valence-corrected chi connectivity index (χ2v) is 5.98. The molecule has 0 aliphatic carbocycles. The number of nitrogens with zero attached hydrogens (tertiary/aromatic N) is 4. The average Bonchev–Trinajstić information content (AvgIpc) is 3.07. The molecule has 6 heteroatoms. The molecule has 2 aromatic heterocycles. The van der Waals surface area contributed by atoms with Gasteiger partial charge in [0.05, 0.1) is 24.2 Å². The van der Waals surface area contributed by atoms with Crippen LogP contribution in [0.25, 0.3) is 28.1 Å². The average molecular weight is 334 g/mol. The van der Waals surface area contributed by atoms with E-state index in [0.717, 1.165) is 28.2 Å². The molecule has 6 nitrogen and oxygen atoms in total. The van der Waals surface area contributed by atoms with E-state index in [2.05, 4.69) is 15.2 Å². The minimum Gasteiger partial charge on any atom is -0.497 e. The normalized spacial score (nSPS) is 11.4. The number of rotatable bonds is 4. The Morgan fingerprint density at radius 3 is 2.44 bits per heavy atom. The van der Waals surface area contributed by atoms with Crippen LogP contribution >= 0.6 is 0 Å². The van der Waals surface area contributed by atoms with Crippen LogP contribution in [-0.2, 0) is 0 Å². The molecule has 0 saturated heterocycles. The number of para-hydroxylation sites is 2. The summed E-state index contributed by atoms with van der Waals surface area (Å²) in [6.07, 6.45) is -0.00130. The van der Waals surface area contributed by atoms with Crippen LogP contribution in [0.2, 0.25) is 0 Å². The Labute approximate surface area is 145 Å². The Morgan fingerprint density at radius 1 is 0.960 bits per heavy atom. The van der Waals surface area contributed by atoms with E-state index >= 15 is 0 Å². The highest BCUT2D eigenvalue weighted by Gasteiger charge is 2.17. The van der Waals surface area contributed by atoms with Crippen molar-refractivity contribution in [1.82, 2.24) is 19.6 Å². The highest BCUT2D eigenvalue weighted by molar-refractivity contribution is 5.82. The molecule has 0 spiro atoms. The van der Waals surface area contributed by atoms with Crippen molar-refractivity contribution in [2.24, 2.45) is 0 Å². The molecule has 0 saturated carbocycles. The first-order valence-corrected chi connectivity index (χ1v) is 8.12. The van der Waals surface area contributed by atoms with Crippen molar-refractivity contribution in [1.29, 1.82) is 0 Å². The Hall–Kier alpha value is -3.15. The molecule has 25 heavy (non-hydrogen) atoms. The van der Waals surface area contributed by atoms with E-state index in [9.17, 15) is 0 Å². The van der Waals surface area contributed by atoms with Crippen molar-refractivity contribution in [3.63, 3.8) is 0 Å². The van der Waals surface area contributed by atoms with Gasteiger partial charge in [0.25, 0.3) is 5.88 Å². The summed E-state index contributed by atoms with van der Waals surface area (Å²) in [5, 5.41) is 8.73. The molecule has 0 atom stereocenters. The van der Waals surface area contributed by atoms with Gasteiger partial charge in [-0.05, 0) is 50.2 Å². The van der Waals surface area contributed by atoms with E-state index in [1.807, 2.05) is 66.8 Å². The van der Waals surface area contributed by atoms with Crippen molar-refractivity contribution in [2.45, 2.75) is 20.0 Å². The lowest BCUT2D eigenvalue weighted by Crippen LogP contribution is -2.09. The van der Waals surface area contributed by atoms with Crippen LogP contribution in [0.4, 0.5) is 0 Å². The molecule has 4 aromatic rings. The first-order chi connectivity index (χ1) is 12.2. The summed E-state index contributed by atoms with van der Waals surface area (Å²) in [7, 11) is 1.65. The third kappa shape index (κ3) is 2.65. The number of ether oxygens (including phenoxy) is 2. The topological polar surface area (TPSA) is 61.5 Å². The van der Waals surface area contributed by atoms with Gasteiger partial charge < -0.3 is 9.47 Å². The first-order valence-electron chi connectivity index (χ1n) is 8.12. The van der Waals surface area contributed by atoms with Gasteiger partial charge in [0.1, 0.15) is 5.75 Å². The van der Waals surface area contributed by atoms with Crippen LogP contribution in [0.3, 0.4) is 0 Å². The van der Waals surface area contributed by atoms with Gasteiger partial charge in [-0.25, -0.2) is 4.98 Å². The van der Waals surface area contributed by atoms with E-state index in [1.54, 1.807) is 7.11 Å². The van der Waals surface area contributed by atoms with Gasteiger partial charge in [-0.3, -0.25) is 4.40 Å². The van der Waals surface area contributed by atoms with E-state index < -0.39 is 0 Å². The largest absolute Gasteiger partial charge is 0.497 e. The zero-order chi connectivity index (χ0) is 17.4. The fourth-order valence-corrected chi connectivity index (χ4v) is 2.79. The number of hydrogen-bond acceptors (Lipinski definition) is 5. The molecular weight excluding hydrogens is 316 g/mol. The van der Waals surface area contributed by atoms with Gasteiger partial charge in [0, 0.05) is 5.56 Å². The van der Waals surface area contributed by atoms with Gasteiger partial charge in [0.15, 0.2) is 5.82 Å². The number of hydrogen-bond donors (Lipinski definition) is 0. The summed E-state index contributed by atoms with van der Waals surface area (Å²) in [5.41, 5.74) is 3.32. The summed E-state index contributed by atoms with van der Waals surface area (Å²) in [5.74, 6) is 2.03. The van der Waals surface area contributed by atoms with Crippen molar-refractivity contribution in [3.8, 4) is 23.0 Å². The SMILES string of the molecule is COc1ccc(-c2nnc3c(OC(C)C)nc4ccccc4n23)cc1. The highest BCUT2D eigenvalue weighted by Crippen LogP contribution is 2.29. The minimum absolute atomic E-state index is 0.00130. The Balaban J connectivity index is 2.00. The maximum Gasteiger partial charge on any atom is 0.261 e. The van der Waals surface area contributed by atoms with Crippen molar-refractivity contribution >= 4 is 16.7 Å². The van der Waals surface area contributed by atoms with E-state index in [-0.39, 0.29) is 6.10 Å². The van der Waals surface area contributed by atoms with Crippen molar-refractivity contribution in [2.75, 3.05) is 7.11 Å². The van der Waals surface area contributed by atoms with Crippen LogP contribution in [0.5, 0.6) is 11.6 Å². The number of benzene rings is 2. The van der Waals surface area contributed by atoms with Gasteiger partial charge in [-0.2, -0.15) is 0 Å². The molecule has 0 aliphatic rings. The van der Waals surface area contributed by atoms with E-state index in [0.29, 0.717) is 11.5 Å². The van der Waals surface area contributed by atoms with Crippen molar-refractivity contribution in [3.05, 3.63) is 48.5 Å². The zero-order valence-corrected chi connectivity index (χ0v) is 14.3. The monoisotopic (exact) mass is 334 g/mol. The molecular formula is C19H18N4O2. The molecule has 0 aliphatic heterocycles. The fourth-order valence-electron chi connectivity index (χ4n) is 2.79. The molecule has 0 amide bonds. The first kappa shape index (κ1) is 15.4. The lowest BCUT2D eigenvalue weighted by molar-refractivity contribution is 0.235. The van der Waals surface area contributed by atoms with Crippen LogP contribution < -0.4 is 9.47 Å². The predicted molar refractivity (Wildman–Crippen MR) is 96.0 cm³/mol. The summed E-state index contributed by atoms with van der Waals surface area (Å²) in [6.45, 7) is 3.93.